The lowest BCUT2D eigenvalue weighted by Gasteiger charge is -2.35. The van der Waals surface area contributed by atoms with Crippen LogP contribution in [0.3, 0.4) is 0 Å². The van der Waals surface area contributed by atoms with Crippen LogP contribution in [-0.4, -0.2) is 25.0 Å². The van der Waals surface area contributed by atoms with Gasteiger partial charge in [0.15, 0.2) is 0 Å². The van der Waals surface area contributed by atoms with Crippen LogP contribution in [0.5, 0.6) is 0 Å². The molecule has 1 aliphatic rings. The molecule has 0 amide bonds. The van der Waals surface area contributed by atoms with Crippen LogP contribution < -0.4 is 5.32 Å². The SMILES string of the molecule is CCC1(COO)CCNCC1. The zero-order chi connectivity index (χ0) is 8.16. The minimum absolute atomic E-state index is 0.236. The highest BCUT2D eigenvalue weighted by Crippen LogP contribution is 2.32. The molecule has 0 unspecified atom stereocenters. The van der Waals surface area contributed by atoms with Crippen molar-refractivity contribution in [3.63, 3.8) is 0 Å². The van der Waals surface area contributed by atoms with Gasteiger partial charge in [0.25, 0.3) is 0 Å². The Bertz CT molecular complexity index is 105. The first-order valence-electron chi connectivity index (χ1n) is 4.30. The maximum Gasteiger partial charge on any atom is 0.0876 e. The highest BCUT2D eigenvalue weighted by Gasteiger charge is 2.30. The van der Waals surface area contributed by atoms with E-state index in [4.69, 9.17) is 5.26 Å². The summed E-state index contributed by atoms with van der Waals surface area (Å²) in [6.45, 7) is 4.75. The molecule has 1 aliphatic heterocycles. The van der Waals surface area contributed by atoms with E-state index in [0.717, 1.165) is 32.4 Å². The van der Waals surface area contributed by atoms with Crippen molar-refractivity contribution >= 4 is 0 Å². The van der Waals surface area contributed by atoms with Crippen LogP contribution in [0.1, 0.15) is 26.2 Å². The van der Waals surface area contributed by atoms with Crippen molar-refractivity contribution in [1.29, 1.82) is 0 Å². The average molecular weight is 159 g/mol. The van der Waals surface area contributed by atoms with Crippen molar-refractivity contribution in [3.8, 4) is 0 Å². The van der Waals surface area contributed by atoms with Gasteiger partial charge in [-0.2, -0.15) is 0 Å². The van der Waals surface area contributed by atoms with Crippen molar-refractivity contribution < 1.29 is 10.1 Å². The molecule has 2 N–H and O–H groups in total. The maximum atomic E-state index is 8.39. The molecule has 0 atom stereocenters. The minimum atomic E-state index is 0.236. The van der Waals surface area contributed by atoms with E-state index in [9.17, 15) is 0 Å². The molecule has 0 aromatic heterocycles. The molecule has 1 rings (SSSR count). The minimum Gasteiger partial charge on any atom is -0.317 e. The molecule has 0 spiro atoms. The van der Waals surface area contributed by atoms with Crippen LogP contribution in [0.25, 0.3) is 0 Å². The lowest BCUT2D eigenvalue weighted by molar-refractivity contribution is -0.265. The first-order valence-corrected chi connectivity index (χ1v) is 4.30. The standard InChI is InChI=1S/C8H17NO2/c1-2-8(7-11-10)3-5-9-6-4-8/h9-10H,2-7H2,1H3. The molecular formula is C8H17NO2. The second-order valence-corrected chi connectivity index (χ2v) is 3.38. The first-order chi connectivity index (χ1) is 5.33. The fraction of sp³-hybridized carbons (Fsp3) is 1.00. The van der Waals surface area contributed by atoms with E-state index in [1.165, 1.54) is 0 Å². The third kappa shape index (κ3) is 2.15. The summed E-state index contributed by atoms with van der Waals surface area (Å²) in [4.78, 5) is 4.25. The largest absolute Gasteiger partial charge is 0.317 e. The van der Waals surface area contributed by atoms with Gasteiger partial charge in [0, 0.05) is 0 Å². The highest BCUT2D eigenvalue weighted by atomic mass is 17.1. The van der Waals surface area contributed by atoms with E-state index in [1.807, 2.05) is 0 Å². The number of piperidine rings is 1. The first kappa shape index (κ1) is 8.97. The van der Waals surface area contributed by atoms with Crippen LogP contribution in [0.4, 0.5) is 0 Å². The zero-order valence-electron chi connectivity index (χ0n) is 7.10. The molecule has 1 fully saturated rings. The van der Waals surface area contributed by atoms with Crippen LogP contribution >= 0.6 is 0 Å². The van der Waals surface area contributed by atoms with Gasteiger partial charge in [-0.25, -0.2) is 4.89 Å². The molecule has 1 saturated heterocycles. The number of hydrogen-bond donors (Lipinski definition) is 2. The van der Waals surface area contributed by atoms with Gasteiger partial charge in [0.1, 0.15) is 0 Å². The van der Waals surface area contributed by atoms with Crippen molar-refractivity contribution in [3.05, 3.63) is 0 Å². The average Bonchev–Trinajstić information content (AvgIpc) is 2.07. The van der Waals surface area contributed by atoms with Gasteiger partial charge in [-0.1, -0.05) is 6.92 Å². The highest BCUT2D eigenvalue weighted by molar-refractivity contribution is 4.82. The van der Waals surface area contributed by atoms with Crippen molar-refractivity contribution in [2.75, 3.05) is 19.7 Å². The third-order valence-corrected chi connectivity index (χ3v) is 2.78. The third-order valence-electron chi connectivity index (χ3n) is 2.78. The van der Waals surface area contributed by atoms with Gasteiger partial charge in [0.2, 0.25) is 0 Å². The molecule has 0 aromatic rings. The summed E-state index contributed by atoms with van der Waals surface area (Å²) in [6.07, 6.45) is 3.32. The van der Waals surface area contributed by atoms with Gasteiger partial charge < -0.3 is 5.32 Å². The van der Waals surface area contributed by atoms with Gasteiger partial charge in [-0.3, -0.25) is 5.26 Å². The second-order valence-electron chi connectivity index (χ2n) is 3.38. The van der Waals surface area contributed by atoms with Gasteiger partial charge in [-0.05, 0) is 37.8 Å². The Morgan fingerprint density at radius 3 is 2.55 bits per heavy atom. The Labute approximate surface area is 67.7 Å². The molecule has 3 heteroatoms. The number of nitrogens with one attached hydrogen (secondary N) is 1. The number of rotatable bonds is 3. The van der Waals surface area contributed by atoms with E-state index in [2.05, 4.69) is 17.1 Å². The normalized spacial score (nSPS) is 23.5. The predicted octanol–water partition coefficient (Wildman–Crippen LogP) is 1.26. The predicted molar refractivity (Wildman–Crippen MR) is 43.4 cm³/mol. The smallest absolute Gasteiger partial charge is 0.0876 e. The van der Waals surface area contributed by atoms with Gasteiger partial charge in [0.05, 0.1) is 6.61 Å². The summed E-state index contributed by atoms with van der Waals surface area (Å²) in [5.74, 6) is 0. The molecule has 3 nitrogen and oxygen atoms in total. The van der Waals surface area contributed by atoms with E-state index >= 15 is 0 Å². The summed E-state index contributed by atoms with van der Waals surface area (Å²) in [5.41, 5.74) is 0.236. The summed E-state index contributed by atoms with van der Waals surface area (Å²) in [5, 5.41) is 11.7. The van der Waals surface area contributed by atoms with E-state index in [1.54, 1.807) is 0 Å². The fourth-order valence-corrected chi connectivity index (χ4v) is 1.69. The van der Waals surface area contributed by atoms with Crippen molar-refractivity contribution in [2.24, 2.45) is 5.41 Å². The van der Waals surface area contributed by atoms with Crippen LogP contribution in [0, 0.1) is 5.41 Å². The Morgan fingerprint density at radius 1 is 1.45 bits per heavy atom. The van der Waals surface area contributed by atoms with Crippen molar-refractivity contribution in [2.45, 2.75) is 26.2 Å². The van der Waals surface area contributed by atoms with E-state index in [0.29, 0.717) is 6.61 Å². The van der Waals surface area contributed by atoms with Crippen LogP contribution in [-0.2, 0) is 4.89 Å². The monoisotopic (exact) mass is 159 g/mol. The van der Waals surface area contributed by atoms with Crippen LogP contribution in [0.15, 0.2) is 0 Å². The van der Waals surface area contributed by atoms with Gasteiger partial charge >= 0.3 is 0 Å². The molecule has 11 heavy (non-hydrogen) atoms. The van der Waals surface area contributed by atoms with E-state index in [-0.39, 0.29) is 5.41 Å². The Balaban J connectivity index is 2.42. The lowest BCUT2D eigenvalue weighted by atomic mass is 9.77. The molecule has 0 saturated carbocycles. The molecule has 66 valence electrons. The van der Waals surface area contributed by atoms with Crippen molar-refractivity contribution in [1.82, 2.24) is 5.32 Å². The molecule has 0 bridgehead atoms. The Hall–Kier alpha value is -0.120. The quantitative estimate of drug-likeness (QED) is 0.481. The zero-order valence-corrected chi connectivity index (χ0v) is 7.10. The topological polar surface area (TPSA) is 41.5 Å². The summed E-state index contributed by atoms with van der Waals surface area (Å²) in [7, 11) is 0. The Kier molecular flexibility index (Phi) is 3.30. The lowest BCUT2D eigenvalue weighted by Crippen LogP contribution is -2.39. The van der Waals surface area contributed by atoms with Gasteiger partial charge in [-0.15, -0.1) is 0 Å². The summed E-state index contributed by atoms with van der Waals surface area (Å²) < 4.78 is 0. The Morgan fingerprint density at radius 2 is 2.09 bits per heavy atom. The summed E-state index contributed by atoms with van der Waals surface area (Å²) >= 11 is 0. The summed E-state index contributed by atoms with van der Waals surface area (Å²) in [6, 6.07) is 0. The molecule has 1 heterocycles. The van der Waals surface area contributed by atoms with E-state index < -0.39 is 0 Å². The molecular weight excluding hydrogens is 142 g/mol. The molecule has 0 aromatic carbocycles. The van der Waals surface area contributed by atoms with Crippen LogP contribution in [0.2, 0.25) is 0 Å². The fourth-order valence-electron chi connectivity index (χ4n) is 1.69. The number of hydrogen-bond acceptors (Lipinski definition) is 3. The maximum absolute atomic E-state index is 8.39. The second kappa shape index (κ2) is 4.04. The molecule has 0 radical (unpaired) electrons. The molecule has 0 aliphatic carbocycles.